The molecule has 0 saturated heterocycles. The van der Waals surface area contributed by atoms with E-state index in [1.807, 2.05) is 26.0 Å². The maximum absolute atomic E-state index is 10.9. The van der Waals surface area contributed by atoms with Gasteiger partial charge in [0.05, 0.1) is 0 Å². The van der Waals surface area contributed by atoms with Crippen LogP contribution >= 0.6 is 0 Å². The lowest BCUT2D eigenvalue weighted by molar-refractivity contribution is -0.107. The largest absolute Gasteiger partial charge is 0.334 e. The van der Waals surface area contributed by atoms with Gasteiger partial charge in [0.1, 0.15) is 12.0 Å². The van der Waals surface area contributed by atoms with Gasteiger partial charge in [-0.05, 0) is 68.5 Å². The molecule has 0 spiro atoms. The summed E-state index contributed by atoms with van der Waals surface area (Å²) in [6.45, 7) is 6.97. The molecule has 152 valence electrons. The molecule has 4 rings (SSSR count). The second kappa shape index (κ2) is 8.31. The van der Waals surface area contributed by atoms with Crippen molar-refractivity contribution in [3.8, 4) is 23.0 Å². The zero-order valence-corrected chi connectivity index (χ0v) is 17.4. The molecule has 6 heteroatoms. The van der Waals surface area contributed by atoms with Crippen LogP contribution < -0.4 is 0 Å². The third-order valence-corrected chi connectivity index (χ3v) is 6.02. The first-order valence-corrected chi connectivity index (χ1v) is 10.6. The SMILES string of the molecule is CCn1nc(-c2noc(-c3cc(C)c(CC=O)c(C)c3)n2)cc1C1CCCCC1. The van der Waals surface area contributed by atoms with Crippen LogP contribution in [0.15, 0.2) is 22.7 Å². The highest BCUT2D eigenvalue weighted by atomic mass is 16.5. The minimum Gasteiger partial charge on any atom is -0.334 e. The Morgan fingerprint density at radius 3 is 2.52 bits per heavy atom. The molecule has 0 unspecified atom stereocenters. The molecule has 29 heavy (non-hydrogen) atoms. The first-order chi connectivity index (χ1) is 14.1. The fourth-order valence-electron chi connectivity index (χ4n) is 4.49. The molecule has 2 aromatic heterocycles. The number of rotatable bonds is 6. The number of aldehydes is 1. The number of hydrogen-bond acceptors (Lipinski definition) is 5. The van der Waals surface area contributed by atoms with Crippen molar-refractivity contribution in [3.05, 3.63) is 40.6 Å². The number of benzene rings is 1. The van der Waals surface area contributed by atoms with E-state index in [0.717, 1.165) is 40.8 Å². The van der Waals surface area contributed by atoms with Gasteiger partial charge in [0.15, 0.2) is 0 Å². The maximum Gasteiger partial charge on any atom is 0.258 e. The van der Waals surface area contributed by atoms with Crippen LogP contribution in [0.1, 0.15) is 67.3 Å². The monoisotopic (exact) mass is 392 g/mol. The van der Waals surface area contributed by atoms with Crippen LogP contribution in [-0.4, -0.2) is 26.2 Å². The highest BCUT2D eigenvalue weighted by molar-refractivity contribution is 5.64. The third kappa shape index (κ3) is 3.88. The molecule has 3 aromatic rings. The molecule has 0 amide bonds. The minimum atomic E-state index is 0.422. The van der Waals surface area contributed by atoms with Crippen molar-refractivity contribution >= 4 is 6.29 Å². The second-order valence-corrected chi connectivity index (χ2v) is 7.99. The predicted molar refractivity (Wildman–Crippen MR) is 112 cm³/mol. The number of aromatic nitrogens is 4. The lowest BCUT2D eigenvalue weighted by Gasteiger charge is -2.22. The predicted octanol–water partition coefficient (Wildman–Crippen LogP) is 5.03. The topological polar surface area (TPSA) is 73.8 Å². The molecule has 6 nitrogen and oxygen atoms in total. The number of aryl methyl sites for hydroxylation is 3. The van der Waals surface area contributed by atoms with E-state index in [1.165, 1.54) is 37.8 Å². The molecule has 0 aliphatic heterocycles. The van der Waals surface area contributed by atoms with Gasteiger partial charge in [0, 0.05) is 30.1 Å². The molecule has 0 radical (unpaired) electrons. The van der Waals surface area contributed by atoms with E-state index in [-0.39, 0.29) is 0 Å². The summed E-state index contributed by atoms with van der Waals surface area (Å²) >= 11 is 0. The average molecular weight is 393 g/mol. The van der Waals surface area contributed by atoms with Crippen molar-refractivity contribution < 1.29 is 9.32 Å². The summed E-state index contributed by atoms with van der Waals surface area (Å²) in [6, 6.07) is 6.14. The van der Waals surface area contributed by atoms with Crippen LogP contribution in [0.2, 0.25) is 0 Å². The Morgan fingerprint density at radius 1 is 1.14 bits per heavy atom. The van der Waals surface area contributed by atoms with Gasteiger partial charge in [-0.15, -0.1) is 0 Å². The van der Waals surface area contributed by atoms with E-state index >= 15 is 0 Å². The molecule has 0 N–H and O–H groups in total. The van der Waals surface area contributed by atoms with Gasteiger partial charge in [0.25, 0.3) is 5.89 Å². The molecule has 0 bridgehead atoms. The van der Waals surface area contributed by atoms with Gasteiger partial charge in [-0.25, -0.2) is 0 Å². The molecule has 0 atom stereocenters. The van der Waals surface area contributed by atoms with Crippen molar-refractivity contribution in [2.45, 2.75) is 71.8 Å². The van der Waals surface area contributed by atoms with E-state index in [4.69, 9.17) is 9.62 Å². The van der Waals surface area contributed by atoms with Gasteiger partial charge in [-0.1, -0.05) is 24.4 Å². The Labute approximate surface area is 171 Å². The van der Waals surface area contributed by atoms with Gasteiger partial charge >= 0.3 is 0 Å². The number of nitrogens with zero attached hydrogens (tertiary/aromatic N) is 4. The van der Waals surface area contributed by atoms with Gasteiger partial charge in [-0.3, -0.25) is 4.68 Å². The van der Waals surface area contributed by atoms with Crippen LogP contribution in [0.25, 0.3) is 23.0 Å². The van der Waals surface area contributed by atoms with Crippen LogP contribution in [0, 0.1) is 13.8 Å². The Morgan fingerprint density at radius 2 is 1.86 bits per heavy atom. The van der Waals surface area contributed by atoms with Crippen LogP contribution in [-0.2, 0) is 17.8 Å². The second-order valence-electron chi connectivity index (χ2n) is 7.99. The van der Waals surface area contributed by atoms with E-state index in [9.17, 15) is 4.79 Å². The lowest BCUT2D eigenvalue weighted by Crippen LogP contribution is -2.11. The molecule has 1 aliphatic carbocycles. The summed E-state index contributed by atoms with van der Waals surface area (Å²) in [5, 5.41) is 8.94. The van der Waals surface area contributed by atoms with Crippen LogP contribution in [0.5, 0.6) is 0 Å². The summed E-state index contributed by atoms with van der Waals surface area (Å²) in [4.78, 5) is 15.5. The fourth-order valence-corrected chi connectivity index (χ4v) is 4.49. The van der Waals surface area contributed by atoms with E-state index < -0.39 is 0 Å². The first kappa shape index (κ1) is 19.6. The fraction of sp³-hybridized carbons (Fsp3) is 0.478. The third-order valence-electron chi connectivity index (χ3n) is 6.02. The summed E-state index contributed by atoms with van der Waals surface area (Å²) in [5.74, 6) is 1.58. The Hall–Kier alpha value is -2.76. The summed E-state index contributed by atoms with van der Waals surface area (Å²) in [5.41, 5.74) is 6.11. The zero-order chi connectivity index (χ0) is 20.4. The number of hydrogen-bond donors (Lipinski definition) is 0. The van der Waals surface area contributed by atoms with Crippen molar-refractivity contribution in [3.63, 3.8) is 0 Å². The van der Waals surface area contributed by atoms with Crippen LogP contribution in [0.3, 0.4) is 0 Å². The van der Waals surface area contributed by atoms with Gasteiger partial charge < -0.3 is 9.32 Å². The van der Waals surface area contributed by atoms with Crippen molar-refractivity contribution in [1.29, 1.82) is 0 Å². The Balaban J connectivity index is 1.64. The molecular formula is C23H28N4O2. The van der Waals surface area contributed by atoms with Gasteiger partial charge in [0.2, 0.25) is 5.82 Å². The standard InChI is InChI=1S/C23H28N4O2/c1-4-27-21(17-8-6-5-7-9-17)14-20(25-27)22-24-23(29-26-22)18-12-15(2)19(10-11-28)16(3)13-18/h11-14,17H,4-10H2,1-3H3. The minimum absolute atomic E-state index is 0.422. The lowest BCUT2D eigenvalue weighted by atomic mass is 9.87. The molecular weight excluding hydrogens is 364 g/mol. The zero-order valence-electron chi connectivity index (χ0n) is 17.4. The van der Waals surface area contributed by atoms with Crippen molar-refractivity contribution in [1.82, 2.24) is 19.9 Å². The first-order valence-electron chi connectivity index (χ1n) is 10.6. The molecule has 2 heterocycles. The van der Waals surface area contributed by atoms with E-state index in [2.05, 4.69) is 27.8 Å². The summed E-state index contributed by atoms with van der Waals surface area (Å²) in [6.07, 6.45) is 7.74. The molecule has 1 aromatic carbocycles. The summed E-state index contributed by atoms with van der Waals surface area (Å²) < 4.78 is 7.65. The smallest absolute Gasteiger partial charge is 0.258 e. The number of carbonyl (C=O) groups excluding carboxylic acids is 1. The molecule has 1 fully saturated rings. The Bertz CT molecular complexity index is 989. The molecule has 1 aliphatic rings. The highest BCUT2D eigenvalue weighted by Gasteiger charge is 2.23. The van der Waals surface area contributed by atoms with E-state index in [1.54, 1.807) is 0 Å². The quantitative estimate of drug-likeness (QED) is 0.550. The van der Waals surface area contributed by atoms with Crippen LogP contribution in [0.4, 0.5) is 0 Å². The van der Waals surface area contributed by atoms with Crippen molar-refractivity contribution in [2.24, 2.45) is 0 Å². The van der Waals surface area contributed by atoms with Gasteiger partial charge in [-0.2, -0.15) is 10.1 Å². The Kier molecular flexibility index (Phi) is 5.60. The molecule has 1 saturated carbocycles. The average Bonchev–Trinajstić information content (AvgIpc) is 3.38. The highest BCUT2D eigenvalue weighted by Crippen LogP contribution is 2.34. The maximum atomic E-state index is 10.9. The summed E-state index contributed by atoms with van der Waals surface area (Å²) in [7, 11) is 0. The number of carbonyl (C=O) groups is 1. The normalized spacial score (nSPS) is 15.0. The van der Waals surface area contributed by atoms with E-state index in [0.29, 0.717) is 24.1 Å². The van der Waals surface area contributed by atoms with Crippen molar-refractivity contribution in [2.75, 3.05) is 0 Å².